The minimum absolute atomic E-state index is 0.122. The minimum atomic E-state index is -0.526. The van der Waals surface area contributed by atoms with Crippen LogP contribution in [0.2, 0.25) is 0 Å². The first kappa shape index (κ1) is 14.2. The SMILES string of the molecule is Cc1ccc(C=C(C#N)C(=O)C(C)(C)C)cc1C. The molecule has 18 heavy (non-hydrogen) atoms. The van der Waals surface area contributed by atoms with Gasteiger partial charge in [-0.1, -0.05) is 39.0 Å². The Labute approximate surface area is 109 Å². The van der Waals surface area contributed by atoms with E-state index >= 15 is 0 Å². The molecule has 0 aromatic heterocycles. The van der Waals surface area contributed by atoms with Crippen molar-refractivity contribution >= 4 is 11.9 Å². The Morgan fingerprint density at radius 3 is 2.28 bits per heavy atom. The van der Waals surface area contributed by atoms with Crippen molar-refractivity contribution in [1.29, 1.82) is 5.26 Å². The quantitative estimate of drug-likeness (QED) is 0.583. The summed E-state index contributed by atoms with van der Waals surface area (Å²) in [5.74, 6) is -0.122. The zero-order valence-electron chi connectivity index (χ0n) is 11.7. The number of allylic oxidation sites excluding steroid dienone is 1. The van der Waals surface area contributed by atoms with E-state index in [0.29, 0.717) is 0 Å². The van der Waals surface area contributed by atoms with Crippen LogP contribution in [0, 0.1) is 30.6 Å². The lowest BCUT2D eigenvalue weighted by Gasteiger charge is -2.15. The first-order valence-electron chi connectivity index (χ1n) is 5.99. The van der Waals surface area contributed by atoms with Crippen molar-refractivity contribution in [2.45, 2.75) is 34.6 Å². The second-order valence-corrected chi connectivity index (χ2v) is 5.59. The van der Waals surface area contributed by atoms with Crippen LogP contribution in [0.5, 0.6) is 0 Å². The molecule has 0 unspecified atom stereocenters. The van der Waals surface area contributed by atoms with Gasteiger partial charge in [0.25, 0.3) is 0 Å². The number of ketones is 1. The number of rotatable bonds is 2. The maximum absolute atomic E-state index is 12.1. The summed E-state index contributed by atoms with van der Waals surface area (Å²) in [6.07, 6.45) is 1.67. The molecule has 1 rings (SSSR count). The summed E-state index contributed by atoms with van der Waals surface area (Å²) >= 11 is 0. The van der Waals surface area contributed by atoms with Crippen molar-refractivity contribution in [3.8, 4) is 6.07 Å². The highest BCUT2D eigenvalue weighted by Gasteiger charge is 2.24. The molecular formula is C16H19NO. The van der Waals surface area contributed by atoms with Crippen molar-refractivity contribution in [3.63, 3.8) is 0 Å². The predicted octanol–water partition coefficient (Wildman–Crippen LogP) is 3.83. The number of benzene rings is 1. The lowest BCUT2D eigenvalue weighted by Crippen LogP contribution is -2.21. The third-order valence-electron chi connectivity index (χ3n) is 2.89. The molecule has 2 nitrogen and oxygen atoms in total. The van der Waals surface area contributed by atoms with Gasteiger partial charge in [-0.05, 0) is 36.6 Å². The number of carbonyl (C=O) groups is 1. The smallest absolute Gasteiger partial charge is 0.178 e. The van der Waals surface area contributed by atoms with Gasteiger partial charge in [-0.15, -0.1) is 0 Å². The highest BCUT2D eigenvalue weighted by Crippen LogP contribution is 2.21. The Hall–Kier alpha value is -1.88. The number of hydrogen-bond donors (Lipinski definition) is 0. The van der Waals surface area contributed by atoms with Gasteiger partial charge in [-0.3, -0.25) is 4.79 Å². The van der Waals surface area contributed by atoms with E-state index in [1.807, 2.05) is 58.9 Å². The summed E-state index contributed by atoms with van der Waals surface area (Å²) in [5, 5.41) is 9.11. The molecule has 0 radical (unpaired) electrons. The summed E-state index contributed by atoms with van der Waals surface area (Å²) in [5.41, 5.74) is 2.94. The van der Waals surface area contributed by atoms with Crippen LogP contribution in [0.4, 0.5) is 0 Å². The molecular weight excluding hydrogens is 222 g/mol. The van der Waals surface area contributed by atoms with Crippen LogP contribution in [0.25, 0.3) is 6.08 Å². The van der Waals surface area contributed by atoms with Gasteiger partial charge in [-0.25, -0.2) is 0 Å². The van der Waals surface area contributed by atoms with Crippen LogP contribution in [0.1, 0.15) is 37.5 Å². The average Bonchev–Trinajstić information content (AvgIpc) is 2.28. The van der Waals surface area contributed by atoms with E-state index < -0.39 is 5.41 Å². The Balaban J connectivity index is 3.17. The Kier molecular flexibility index (Phi) is 4.08. The van der Waals surface area contributed by atoms with Gasteiger partial charge in [0.1, 0.15) is 6.07 Å². The fourth-order valence-corrected chi connectivity index (χ4v) is 1.57. The number of hydrogen-bond acceptors (Lipinski definition) is 2. The average molecular weight is 241 g/mol. The van der Waals surface area contributed by atoms with Gasteiger partial charge >= 0.3 is 0 Å². The maximum Gasteiger partial charge on any atom is 0.178 e. The van der Waals surface area contributed by atoms with Gasteiger partial charge in [0, 0.05) is 5.41 Å². The fraction of sp³-hybridized carbons (Fsp3) is 0.375. The summed E-state index contributed by atoms with van der Waals surface area (Å²) in [7, 11) is 0. The normalized spacial score (nSPS) is 12.1. The highest BCUT2D eigenvalue weighted by molar-refractivity contribution is 6.06. The van der Waals surface area contributed by atoms with E-state index in [0.717, 1.165) is 11.1 Å². The largest absolute Gasteiger partial charge is 0.293 e. The second-order valence-electron chi connectivity index (χ2n) is 5.59. The molecule has 1 aromatic rings. The number of carbonyl (C=O) groups excluding carboxylic acids is 1. The van der Waals surface area contributed by atoms with Gasteiger partial charge in [0.05, 0.1) is 5.57 Å². The maximum atomic E-state index is 12.1. The molecule has 0 saturated heterocycles. The van der Waals surface area contributed by atoms with E-state index in [-0.39, 0.29) is 11.4 Å². The molecule has 0 aliphatic heterocycles. The Morgan fingerprint density at radius 1 is 1.22 bits per heavy atom. The van der Waals surface area contributed by atoms with E-state index in [1.165, 1.54) is 5.56 Å². The molecule has 0 fully saturated rings. The summed E-state index contributed by atoms with van der Waals surface area (Å²) in [4.78, 5) is 12.1. The monoisotopic (exact) mass is 241 g/mol. The Morgan fingerprint density at radius 2 is 1.83 bits per heavy atom. The molecule has 94 valence electrons. The first-order chi connectivity index (χ1) is 8.25. The van der Waals surface area contributed by atoms with E-state index in [1.54, 1.807) is 6.08 Å². The van der Waals surface area contributed by atoms with Crippen LogP contribution in [0.3, 0.4) is 0 Å². The topological polar surface area (TPSA) is 40.9 Å². The van der Waals surface area contributed by atoms with Crippen LogP contribution < -0.4 is 0 Å². The van der Waals surface area contributed by atoms with Crippen molar-refractivity contribution in [1.82, 2.24) is 0 Å². The van der Waals surface area contributed by atoms with Crippen LogP contribution in [-0.4, -0.2) is 5.78 Å². The zero-order chi connectivity index (χ0) is 13.9. The minimum Gasteiger partial charge on any atom is -0.293 e. The molecule has 0 amide bonds. The zero-order valence-corrected chi connectivity index (χ0v) is 11.7. The van der Waals surface area contributed by atoms with Gasteiger partial charge < -0.3 is 0 Å². The molecule has 0 bridgehead atoms. The van der Waals surface area contributed by atoms with Crippen LogP contribution in [0.15, 0.2) is 23.8 Å². The lowest BCUT2D eigenvalue weighted by atomic mass is 9.86. The number of Topliss-reactive ketones (excluding diaryl/α,β-unsaturated/α-hetero) is 1. The van der Waals surface area contributed by atoms with Crippen molar-refractivity contribution in [2.75, 3.05) is 0 Å². The molecule has 0 spiro atoms. The second kappa shape index (κ2) is 5.18. The summed E-state index contributed by atoms with van der Waals surface area (Å²) < 4.78 is 0. The molecule has 0 heterocycles. The van der Waals surface area contributed by atoms with Crippen molar-refractivity contribution in [3.05, 3.63) is 40.5 Å². The lowest BCUT2D eigenvalue weighted by molar-refractivity contribution is -0.121. The number of nitriles is 1. The molecule has 0 saturated carbocycles. The summed E-state index contributed by atoms with van der Waals surface area (Å²) in [6, 6.07) is 7.92. The molecule has 0 aliphatic carbocycles. The first-order valence-corrected chi connectivity index (χ1v) is 5.99. The van der Waals surface area contributed by atoms with Gasteiger partial charge in [-0.2, -0.15) is 5.26 Å². The van der Waals surface area contributed by atoms with E-state index in [4.69, 9.17) is 5.26 Å². The predicted molar refractivity (Wildman–Crippen MR) is 74.0 cm³/mol. The van der Waals surface area contributed by atoms with Gasteiger partial charge in [0.2, 0.25) is 0 Å². The molecule has 0 aliphatic rings. The van der Waals surface area contributed by atoms with Crippen molar-refractivity contribution in [2.24, 2.45) is 5.41 Å². The molecule has 1 aromatic carbocycles. The van der Waals surface area contributed by atoms with E-state index in [2.05, 4.69) is 0 Å². The number of aryl methyl sites for hydroxylation is 2. The van der Waals surface area contributed by atoms with Crippen molar-refractivity contribution < 1.29 is 4.79 Å². The molecule has 2 heteroatoms. The van der Waals surface area contributed by atoms with Gasteiger partial charge in [0.15, 0.2) is 5.78 Å². The standard InChI is InChI=1S/C16H19NO/c1-11-6-7-13(8-12(11)2)9-14(10-17)15(18)16(3,4)5/h6-9H,1-5H3. The molecule has 0 N–H and O–H groups in total. The summed E-state index contributed by atoms with van der Waals surface area (Å²) in [6.45, 7) is 9.52. The molecule has 0 atom stereocenters. The number of nitrogens with zero attached hydrogens (tertiary/aromatic N) is 1. The van der Waals surface area contributed by atoms with E-state index in [9.17, 15) is 4.79 Å². The highest BCUT2D eigenvalue weighted by atomic mass is 16.1. The fourth-order valence-electron chi connectivity index (χ4n) is 1.57. The van der Waals surface area contributed by atoms with Crippen LogP contribution >= 0.6 is 0 Å². The third kappa shape index (κ3) is 3.30. The Bertz CT molecular complexity index is 539. The van der Waals surface area contributed by atoms with Crippen LogP contribution in [-0.2, 0) is 4.79 Å². The third-order valence-corrected chi connectivity index (χ3v) is 2.89.